The summed E-state index contributed by atoms with van der Waals surface area (Å²) < 4.78 is 0. The van der Waals surface area contributed by atoms with Crippen LogP contribution in [0.25, 0.3) is 10.9 Å². The Balaban J connectivity index is 1.31. The van der Waals surface area contributed by atoms with Crippen molar-refractivity contribution in [2.75, 3.05) is 31.6 Å². The zero-order valence-corrected chi connectivity index (χ0v) is 17.1. The van der Waals surface area contributed by atoms with E-state index in [9.17, 15) is 4.79 Å². The second kappa shape index (κ2) is 8.51. The number of likely N-dealkylation sites (N-methyl/N-ethyl adjacent to an activating group) is 1. The highest BCUT2D eigenvalue weighted by molar-refractivity contribution is 5.86. The Labute approximate surface area is 171 Å². The Morgan fingerprint density at radius 2 is 2.24 bits per heavy atom. The van der Waals surface area contributed by atoms with Crippen LogP contribution < -0.4 is 10.2 Å². The molecule has 2 aromatic heterocycles. The van der Waals surface area contributed by atoms with Crippen molar-refractivity contribution < 1.29 is 4.79 Å². The zero-order chi connectivity index (χ0) is 20.2. The van der Waals surface area contributed by atoms with Gasteiger partial charge in [-0.3, -0.25) is 0 Å². The normalized spacial score (nSPS) is 16.8. The van der Waals surface area contributed by atoms with Gasteiger partial charge in [0.1, 0.15) is 0 Å². The van der Waals surface area contributed by atoms with Crippen LogP contribution in [0.5, 0.6) is 0 Å². The predicted octanol–water partition coefficient (Wildman–Crippen LogP) is 3.12. The summed E-state index contributed by atoms with van der Waals surface area (Å²) in [5, 5.41) is 12.5. The third-order valence-electron chi connectivity index (χ3n) is 5.83. The van der Waals surface area contributed by atoms with Gasteiger partial charge in [-0.05, 0) is 49.4 Å². The van der Waals surface area contributed by atoms with Gasteiger partial charge in [0.2, 0.25) is 0 Å². The third kappa shape index (κ3) is 4.18. The molecule has 1 aromatic carbocycles. The molecule has 7 nitrogen and oxygen atoms in total. The van der Waals surface area contributed by atoms with Gasteiger partial charge in [-0.2, -0.15) is 5.10 Å². The molecular weight excluding hydrogens is 364 g/mol. The number of nitrogens with one attached hydrogen (secondary N) is 2. The fourth-order valence-electron chi connectivity index (χ4n) is 4.11. The van der Waals surface area contributed by atoms with E-state index in [0.717, 1.165) is 38.2 Å². The SMILES string of the molecule is Cc1cccc2c(CCNC(=O)N(C)C3CCCN(c4cccnn4)C3)c[nH]c12. The number of H-pyrrole nitrogens is 1. The monoisotopic (exact) mass is 392 g/mol. The number of carbonyl (C=O) groups is 1. The Morgan fingerprint density at radius 3 is 3.07 bits per heavy atom. The van der Waals surface area contributed by atoms with Crippen molar-refractivity contribution in [1.82, 2.24) is 25.4 Å². The number of aryl methyl sites for hydroxylation is 1. The molecule has 1 fully saturated rings. The van der Waals surface area contributed by atoms with E-state index < -0.39 is 0 Å². The van der Waals surface area contributed by atoms with Gasteiger partial charge in [0.25, 0.3) is 0 Å². The number of anilines is 1. The van der Waals surface area contributed by atoms with Crippen LogP contribution in [0.4, 0.5) is 10.6 Å². The van der Waals surface area contributed by atoms with Gasteiger partial charge < -0.3 is 20.1 Å². The van der Waals surface area contributed by atoms with Crippen LogP contribution in [0.2, 0.25) is 0 Å². The molecule has 1 unspecified atom stereocenters. The van der Waals surface area contributed by atoms with Gasteiger partial charge in [0.15, 0.2) is 5.82 Å². The molecule has 3 heterocycles. The largest absolute Gasteiger partial charge is 0.361 e. The molecule has 1 aliphatic rings. The number of carbonyl (C=O) groups excluding carboxylic acids is 1. The van der Waals surface area contributed by atoms with Crippen LogP contribution in [0.3, 0.4) is 0 Å². The van der Waals surface area contributed by atoms with E-state index in [1.165, 1.54) is 22.0 Å². The summed E-state index contributed by atoms with van der Waals surface area (Å²) in [6.45, 7) is 4.45. The first-order valence-corrected chi connectivity index (χ1v) is 10.2. The van der Waals surface area contributed by atoms with Crippen molar-refractivity contribution in [2.24, 2.45) is 0 Å². The molecular formula is C22H28N6O. The van der Waals surface area contributed by atoms with E-state index in [4.69, 9.17) is 0 Å². The number of amides is 2. The van der Waals surface area contributed by atoms with Crippen LogP contribution >= 0.6 is 0 Å². The van der Waals surface area contributed by atoms with E-state index in [2.05, 4.69) is 50.5 Å². The lowest BCUT2D eigenvalue weighted by molar-refractivity contribution is 0.182. The van der Waals surface area contributed by atoms with E-state index in [-0.39, 0.29) is 12.1 Å². The number of piperidine rings is 1. The van der Waals surface area contributed by atoms with Crippen molar-refractivity contribution in [3.63, 3.8) is 0 Å². The van der Waals surface area contributed by atoms with Crippen LogP contribution in [-0.4, -0.2) is 58.8 Å². The summed E-state index contributed by atoms with van der Waals surface area (Å²) in [7, 11) is 1.88. The van der Waals surface area contributed by atoms with Crippen LogP contribution in [0.15, 0.2) is 42.7 Å². The lowest BCUT2D eigenvalue weighted by Crippen LogP contribution is -2.51. The number of hydrogen-bond acceptors (Lipinski definition) is 4. The standard InChI is InChI=1S/C22H28N6O/c1-16-6-3-8-19-17(14-24-21(16)19)10-12-23-22(29)27(2)18-7-5-13-28(15-18)20-9-4-11-25-26-20/h3-4,6,8-9,11,14,18,24H,5,7,10,12-13,15H2,1-2H3,(H,23,29). The molecule has 0 bridgehead atoms. The maximum Gasteiger partial charge on any atom is 0.317 e. The van der Waals surface area contributed by atoms with Crippen molar-refractivity contribution in [2.45, 2.75) is 32.2 Å². The van der Waals surface area contributed by atoms with Crippen LogP contribution in [0, 0.1) is 6.92 Å². The molecule has 0 radical (unpaired) electrons. The first-order chi connectivity index (χ1) is 14.1. The van der Waals surface area contributed by atoms with Gasteiger partial charge >= 0.3 is 6.03 Å². The quantitative estimate of drug-likeness (QED) is 0.699. The Bertz CT molecular complexity index is 970. The number of hydrogen-bond donors (Lipinski definition) is 2. The fraction of sp³-hybridized carbons (Fsp3) is 0.409. The zero-order valence-electron chi connectivity index (χ0n) is 17.1. The maximum absolute atomic E-state index is 12.7. The first kappa shape index (κ1) is 19.2. The summed E-state index contributed by atoms with van der Waals surface area (Å²) in [5.41, 5.74) is 3.65. The van der Waals surface area contributed by atoms with Crippen molar-refractivity contribution >= 4 is 22.8 Å². The average molecular weight is 393 g/mol. The minimum absolute atomic E-state index is 0.0213. The van der Waals surface area contributed by atoms with Crippen molar-refractivity contribution in [3.8, 4) is 0 Å². The fourth-order valence-corrected chi connectivity index (χ4v) is 4.11. The summed E-state index contributed by atoms with van der Waals surface area (Å²) in [5.74, 6) is 0.876. The summed E-state index contributed by atoms with van der Waals surface area (Å²) >= 11 is 0. The van der Waals surface area contributed by atoms with E-state index >= 15 is 0 Å². The molecule has 1 aliphatic heterocycles. The Morgan fingerprint density at radius 1 is 1.34 bits per heavy atom. The lowest BCUT2D eigenvalue weighted by atomic mass is 10.0. The summed E-state index contributed by atoms with van der Waals surface area (Å²) in [4.78, 5) is 20.1. The van der Waals surface area contributed by atoms with Crippen molar-refractivity contribution in [3.05, 3.63) is 53.9 Å². The Kier molecular flexibility index (Phi) is 5.64. The summed E-state index contributed by atoms with van der Waals surface area (Å²) in [6, 6.07) is 10.3. The lowest BCUT2D eigenvalue weighted by Gasteiger charge is -2.37. The minimum Gasteiger partial charge on any atom is -0.361 e. The second-order valence-corrected chi connectivity index (χ2v) is 7.73. The van der Waals surface area contributed by atoms with Crippen LogP contribution in [0.1, 0.15) is 24.0 Å². The average Bonchev–Trinajstić information content (AvgIpc) is 3.18. The molecule has 152 valence electrons. The van der Waals surface area contributed by atoms with Gasteiger partial charge in [-0.25, -0.2) is 4.79 Å². The van der Waals surface area contributed by atoms with Gasteiger partial charge in [-0.15, -0.1) is 5.10 Å². The number of rotatable bonds is 5. The Hall–Kier alpha value is -3.09. The molecule has 3 aromatic rings. The van der Waals surface area contributed by atoms with E-state index in [1.807, 2.05) is 30.3 Å². The third-order valence-corrected chi connectivity index (χ3v) is 5.83. The number of fused-ring (bicyclic) bond motifs is 1. The highest BCUT2D eigenvalue weighted by atomic mass is 16.2. The maximum atomic E-state index is 12.7. The number of aromatic nitrogens is 3. The molecule has 2 amide bonds. The minimum atomic E-state index is -0.0213. The first-order valence-electron chi connectivity index (χ1n) is 10.2. The highest BCUT2D eigenvalue weighted by Crippen LogP contribution is 2.22. The highest BCUT2D eigenvalue weighted by Gasteiger charge is 2.26. The second-order valence-electron chi connectivity index (χ2n) is 7.73. The van der Waals surface area contributed by atoms with Crippen LogP contribution in [-0.2, 0) is 6.42 Å². The van der Waals surface area contributed by atoms with E-state index in [1.54, 1.807) is 6.20 Å². The molecule has 7 heteroatoms. The number of aromatic amines is 1. The van der Waals surface area contributed by atoms with Gasteiger partial charge in [0, 0.05) is 50.0 Å². The molecule has 1 atom stereocenters. The molecule has 1 saturated heterocycles. The van der Waals surface area contributed by atoms with Gasteiger partial charge in [-0.1, -0.05) is 18.2 Å². The summed E-state index contributed by atoms with van der Waals surface area (Å²) in [6.07, 6.45) is 6.57. The molecule has 0 spiro atoms. The number of urea groups is 1. The smallest absolute Gasteiger partial charge is 0.317 e. The number of para-hydroxylation sites is 1. The molecule has 0 aliphatic carbocycles. The predicted molar refractivity (Wildman–Crippen MR) is 115 cm³/mol. The van der Waals surface area contributed by atoms with Crippen molar-refractivity contribution in [1.29, 1.82) is 0 Å². The molecule has 29 heavy (non-hydrogen) atoms. The topological polar surface area (TPSA) is 77.2 Å². The molecule has 2 N–H and O–H groups in total. The number of nitrogens with zero attached hydrogens (tertiary/aromatic N) is 4. The van der Waals surface area contributed by atoms with E-state index in [0.29, 0.717) is 6.54 Å². The molecule has 0 saturated carbocycles. The molecule has 4 rings (SSSR count). The number of benzene rings is 1. The van der Waals surface area contributed by atoms with Gasteiger partial charge in [0.05, 0.1) is 6.04 Å².